The maximum absolute atomic E-state index is 13.9. The molecule has 0 fully saturated rings. The summed E-state index contributed by atoms with van der Waals surface area (Å²) in [5, 5.41) is 10.1. The summed E-state index contributed by atoms with van der Waals surface area (Å²) in [5.74, 6) is 0.157. The monoisotopic (exact) mass is 589 g/mol. The fraction of sp³-hybridized carbons (Fsp3) is 0.138. The van der Waals surface area contributed by atoms with Gasteiger partial charge in [0.25, 0.3) is 11.2 Å². The van der Waals surface area contributed by atoms with Gasteiger partial charge in [0.2, 0.25) is 0 Å². The van der Waals surface area contributed by atoms with E-state index in [0.29, 0.717) is 23.4 Å². The molecule has 12 heteroatoms. The van der Waals surface area contributed by atoms with Crippen molar-refractivity contribution in [3.63, 3.8) is 0 Å². The Morgan fingerprint density at radius 1 is 0.829 bits per heavy atom. The molecule has 0 radical (unpaired) electrons. The normalized spacial score (nSPS) is 12.6. The maximum atomic E-state index is 13.9. The van der Waals surface area contributed by atoms with Crippen LogP contribution in [0.5, 0.6) is 0 Å². The maximum Gasteiger partial charge on any atom is 0.430 e. The molecule has 1 N–H and O–H groups in total. The summed E-state index contributed by atoms with van der Waals surface area (Å²) < 4.78 is 81.6. The highest BCUT2D eigenvalue weighted by Crippen LogP contribution is 2.50. The Hall–Kier alpha value is -4.22. The van der Waals surface area contributed by atoms with Gasteiger partial charge in [-0.1, -0.05) is 60.1 Å². The van der Waals surface area contributed by atoms with Crippen molar-refractivity contribution in [1.82, 2.24) is 14.5 Å². The average Bonchev–Trinajstić information content (AvgIpc) is 2.92. The lowest BCUT2D eigenvalue weighted by Crippen LogP contribution is -2.53. The van der Waals surface area contributed by atoms with Crippen LogP contribution in [0.3, 0.4) is 0 Å². The van der Waals surface area contributed by atoms with Crippen LogP contribution in [0.1, 0.15) is 17.0 Å². The van der Waals surface area contributed by atoms with E-state index in [1.807, 2.05) is 0 Å². The second-order valence-electron chi connectivity index (χ2n) is 9.15. The molecule has 0 amide bonds. The molecule has 5 aromatic rings. The summed E-state index contributed by atoms with van der Waals surface area (Å²) in [5.41, 5.74) is -5.36. The number of fused-ring (bicyclic) bond motifs is 1. The van der Waals surface area contributed by atoms with Crippen LogP contribution in [0.25, 0.3) is 27.8 Å². The average molecular weight is 590 g/mol. The van der Waals surface area contributed by atoms with Gasteiger partial charge in [0.05, 0.1) is 27.3 Å². The van der Waals surface area contributed by atoms with E-state index in [2.05, 4.69) is 9.97 Å². The van der Waals surface area contributed by atoms with Crippen LogP contribution in [0.2, 0.25) is 5.02 Å². The van der Waals surface area contributed by atoms with Gasteiger partial charge in [0, 0.05) is 23.7 Å². The van der Waals surface area contributed by atoms with E-state index < -0.39 is 29.1 Å². The molecule has 5 nitrogen and oxygen atoms in total. The molecule has 2 heterocycles. The molecule has 0 aliphatic heterocycles. The van der Waals surface area contributed by atoms with Crippen LogP contribution >= 0.6 is 11.6 Å². The first-order chi connectivity index (χ1) is 19.3. The van der Waals surface area contributed by atoms with Crippen LogP contribution in [0.4, 0.5) is 26.3 Å². The molecule has 5 rings (SSSR count). The summed E-state index contributed by atoms with van der Waals surface area (Å²) in [6.07, 6.45) is -10.5. The first-order valence-electron chi connectivity index (χ1n) is 12.0. The fourth-order valence-corrected chi connectivity index (χ4v) is 4.73. The summed E-state index contributed by atoms with van der Waals surface area (Å²) in [6.45, 7) is 0. The number of alkyl halides is 6. The minimum absolute atomic E-state index is 0.0554. The van der Waals surface area contributed by atoms with Gasteiger partial charge < -0.3 is 5.11 Å². The Morgan fingerprint density at radius 2 is 1.46 bits per heavy atom. The van der Waals surface area contributed by atoms with E-state index in [1.54, 1.807) is 54.7 Å². The number of pyridine rings is 1. The zero-order valence-electron chi connectivity index (χ0n) is 20.7. The fourth-order valence-electron chi connectivity index (χ4n) is 4.47. The Bertz CT molecular complexity index is 1760. The molecular formula is C29H18ClF6N3O2. The number of halogens is 7. The van der Waals surface area contributed by atoms with Gasteiger partial charge >= 0.3 is 12.4 Å². The predicted molar refractivity (Wildman–Crippen MR) is 141 cm³/mol. The van der Waals surface area contributed by atoms with Gasteiger partial charge in [-0.25, -0.2) is 4.98 Å². The molecule has 0 saturated heterocycles. The molecule has 3 aromatic carbocycles. The van der Waals surface area contributed by atoms with Crippen molar-refractivity contribution in [2.45, 2.75) is 24.4 Å². The largest absolute Gasteiger partial charge is 0.430 e. The van der Waals surface area contributed by atoms with Crippen molar-refractivity contribution in [1.29, 1.82) is 0 Å². The van der Waals surface area contributed by atoms with Gasteiger partial charge in [0.1, 0.15) is 5.82 Å². The van der Waals surface area contributed by atoms with Gasteiger partial charge in [-0.15, -0.1) is 0 Å². The third-order valence-corrected chi connectivity index (χ3v) is 6.85. The molecule has 0 atom stereocenters. The van der Waals surface area contributed by atoms with Crippen molar-refractivity contribution >= 4 is 22.5 Å². The van der Waals surface area contributed by atoms with Crippen LogP contribution in [0, 0.1) is 0 Å². The van der Waals surface area contributed by atoms with E-state index >= 15 is 0 Å². The second kappa shape index (κ2) is 10.3. The first kappa shape index (κ1) is 28.3. The molecular weight excluding hydrogens is 572 g/mol. The minimum Gasteiger partial charge on any atom is -0.369 e. The Kier molecular flexibility index (Phi) is 7.12. The molecule has 210 valence electrons. The van der Waals surface area contributed by atoms with Crippen molar-refractivity contribution in [3.8, 4) is 16.9 Å². The third-order valence-electron chi connectivity index (χ3n) is 6.54. The van der Waals surface area contributed by atoms with E-state index in [1.165, 1.54) is 12.1 Å². The molecule has 0 bridgehead atoms. The SMILES string of the molecule is O=c1c2cc(-c3ccccn3)c(Cl)cc2nc(Cc2ccccc2)n1-c1ccc(C(O)(C(F)(F)F)C(F)(F)F)cc1. The number of benzene rings is 3. The Morgan fingerprint density at radius 3 is 2.05 bits per heavy atom. The number of aromatic nitrogens is 3. The summed E-state index contributed by atoms with van der Waals surface area (Å²) in [4.78, 5) is 22.7. The molecule has 0 aliphatic carbocycles. The number of aliphatic hydroxyl groups is 1. The van der Waals surface area contributed by atoms with E-state index in [9.17, 15) is 36.2 Å². The van der Waals surface area contributed by atoms with Crippen LogP contribution in [-0.4, -0.2) is 32.0 Å². The van der Waals surface area contributed by atoms with Crippen molar-refractivity contribution < 1.29 is 31.4 Å². The smallest absolute Gasteiger partial charge is 0.369 e. The molecule has 2 aromatic heterocycles. The van der Waals surface area contributed by atoms with Gasteiger partial charge in [-0.2, -0.15) is 26.3 Å². The molecule has 0 aliphatic rings. The lowest BCUT2D eigenvalue weighted by Gasteiger charge is -2.32. The summed E-state index contributed by atoms with van der Waals surface area (Å²) >= 11 is 6.50. The molecule has 0 saturated carbocycles. The van der Waals surface area contributed by atoms with E-state index in [-0.39, 0.29) is 33.9 Å². The number of rotatable bonds is 5. The Labute approximate surface area is 233 Å². The predicted octanol–water partition coefficient (Wildman–Crippen LogP) is 7.00. The van der Waals surface area contributed by atoms with E-state index in [4.69, 9.17) is 11.6 Å². The number of nitrogens with zero attached hydrogens (tertiary/aromatic N) is 3. The van der Waals surface area contributed by atoms with Gasteiger partial charge in [-0.05, 0) is 42.0 Å². The zero-order chi connectivity index (χ0) is 29.6. The highest BCUT2D eigenvalue weighted by Gasteiger charge is 2.71. The molecule has 0 spiro atoms. The quantitative estimate of drug-likeness (QED) is 0.224. The minimum atomic E-state index is -6.05. The van der Waals surface area contributed by atoms with Gasteiger partial charge in [-0.3, -0.25) is 14.3 Å². The van der Waals surface area contributed by atoms with Crippen molar-refractivity contribution in [3.05, 3.63) is 123 Å². The Balaban J connectivity index is 1.73. The zero-order valence-corrected chi connectivity index (χ0v) is 21.5. The molecule has 0 unspecified atom stereocenters. The highest BCUT2D eigenvalue weighted by molar-refractivity contribution is 6.34. The van der Waals surface area contributed by atoms with Crippen molar-refractivity contribution in [2.75, 3.05) is 0 Å². The van der Waals surface area contributed by atoms with E-state index in [0.717, 1.165) is 22.3 Å². The van der Waals surface area contributed by atoms with Gasteiger partial charge in [0.15, 0.2) is 0 Å². The van der Waals surface area contributed by atoms with Crippen LogP contribution < -0.4 is 5.56 Å². The topological polar surface area (TPSA) is 68.0 Å². The second-order valence-corrected chi connectivity index (χ2v) is 9.56. The molecule has 41 heavy (non-hydrogen) atoms. The number of hydrogen-bond donors (Lipinski definition) is 1. The summed E-state index contributed by atoms with van der Waals surface area (Å²) in [7, 11) is 0. The summed E-state index contributed by atoms with van der Waals surface area (Å²) in [6, 6.07) is 19.7. The first-order valence-corrected chi connectivity index (χ1v) is 12.4. The van der Waals surface area contributed by atoms with Crippen molar-refractivity contribution in [2.24, 2.45) is 0 Å². The highest BCUT2D eigenvalue weighted by atomic mass is 35.5. The van der Waals surface area contributed by atoms with Crippen LogP contribution in [-0.2, 0) is 12.0 Å². The van der Waals surface area contributed by atoms with Crippen LogP contribution in [0.15, 0.2) is 95.9 Å². The lowest BCUT2D eigenvalue weighted by molar-refractivity contribution is -0.376. The third kappa shape index (κ3) is 5.07. The lowest BCUT2D eigenvalue weighted by atomic mass is 9.92. The standard InChI is InChI=1S/C29H18ClF6N3O2/c30-22-16-24-21(15-20(22)23-8-4-5-13-37-23)26(40)39(25(38-24)14-17-6-2-1-3-7-17)19-11-9-18(10-12-19)27(41,28(31,32)33)29(34,35)36/h1-13,15-16,41H,14H2. The number of hydrogen-bond acceptors (Lipinski definition) is 4.